The molecule has 0 amide bonds. The topological polar surface area (TPSA) is 78.4 Å². The van der Waals surface area contributed by atoms with Crippen molar-refractivity contribution < 1.29 is 13.9 Å². The van der Waals surface area contributed by atoms with Gasteiger partial charge in [0, 0.05) is 31.5 Å². The first kappa shape index (κ1) is 18.2. The number of aromatic nitrogens is 4. The summed E-state index contributed by atoms with van der Waals surface area (Å²) in [5.41, 5.74) is 2.30. The highest BCUT2D eigenvalue weighted by atomic mass is 16.5. The van der Waals surface area contributed by atoms with Crippen LogP contribution in [0.1, 0.15) is 11.5 Å². The van der Waals surface area contributed by atoms with E-state index in [1.54, 1.807) is 12.3 Å². The Morgan fingerprint density at radius 3 is 2.90 bits per heavy atom. The van der Waals surface area contributed by atoms with Crippen molar-refractivity contribution in [1.82, 2.24) is 19.5 Å². The zero-order valence-corrected chi connectivity index (χ0v) is 16.4. The number of pyridine rings is 1. The molecule has 0 radical (unpaired) electrons. The Labute approximate surface area is 173 Å². The number of oxazole rings is 1. The maximum Gasteiger partial charge on any atom is 0.298 e. The van der Waals surface area contributed by atoms with Gasteiger partial charge in [-0.2, -0.15) is 4.98 Å². The van der Waals surface area contributed by atoms with E-state index < -0.39 is 0 Å². The summed E-state index contributed by atoms with van der Waals surface area (Å²) in [6, 6.07) is 9.99. The summed E-state index contributed by atoms with van der Waals surface area (Å²) in [4.78, 5) is 15.5. The number of rotatable bonds is 7. The lowest BCUT2D eigenvalue weighted by molar-refractivity contribution is 0.300. The van der Waals surface area contributed by atoms with E-state index in [9.17, 15) is 0 Å². The van der Waals surface area contributed by atoms with Crippen LogP contribution in [0.25, 0.3) is 11.1 Å². The number of anilines is 1. The van der Waals surface area contributed by atoms with E-state index in [1.165, 1.54) is 0 Å². The Bertz CT molecular complexity index is 1170. The van der Waals surface area contributed by atoms with Crippen LogP contribution in [0.3, 0.4) is 0 Å². The van der Waals surface area contributed by atoms with Gasteiger partial charge in [0.2, 0.25) is 0 Å². The van der Waals surface area contributed by atoms with E-state index in [0.717, 1.165) is 35.7 Å². The van der Waals surface area contributed by atoms with Gasteiger partial charge in [-0.1, -0.05) is 12.7 Å². The molecular formula is C22H21N5O3. The van der Waals surface area contributed by atoms with Crippen LogP contribution in [0.5, 0.6) is 11.5 Å². The summed E-state index contributed by atoms with van der Waals surface area (Å²) in [5, 5.41) is 0. The highest BCUT2D eigenvalue weighted by Crippen LogP contribution is 2.27. The Morgan fingerprint density at radius 1 is 1.10 bits per heavy atom. The van der Waals surface area contributed by atoms with Crippen LogP contribution >= 0.6 is 0 Å². The number of imidazole rings is 1. The van der Waals surface area contributed by atoms with Gasteiger partial charge in [0.25, 0.3) is 6.01 Å². The third kappa shape index (κ3) is 3.71. The normalized spacial score (nSPS) is 13.3. The molecule has 0 spiro atoms. The van der Waals surface area contributed by atoms with Gasteiger partial charge in [0.1, 0.15) is 36.1 Å². The summed E-state index contributed by atoms with van der Waals surface area (Å²) < 4.78 is 19.4. The van der Waals surface area contributed by atoms with Crippen molar-refractivity contribution in [3.05, 3.63) is 73.1 Å². The number of hydrogen-bond donors (Lipinski definition) is 0. The molecule has 0 bridgehead atoms. The summed E-state index contributed by atoms with van der Waals surface area (Å²) in [6.07, 6.45) is 7.20. The first-order valence-corrected chi connectivity index (χ1v) is 9.75. The second-order valence-electron chi connectivity index (χ2n) is 6.96. The molecule has 1 aliphatic rings. The third-order valence-corrected chi connectivity index (χ3v) is 4.92. The molecule has 0 N–H and O–H groups in total. The van der Waals surface area contributed by atoms with Crippen molar-refractivity contribution >= 4 is 17.1 Å². The number of ether oxygens (including phenoxy) is 2. The molecule has 5 rings (SSSR count). The standard InChI is InChI=1S/C22H21N5O3/c1-2-11-28-18-4-3-16(24-13-18)15-29-17-5-6-20-19(12-17)25-22(30-20)27-10-9-26-8-7-23-21(26)14-27/h2-8,12-13H,1,9-11,14-15H2. The molecule has 0 saturated carbocycles. The number of hydrogen-bond acceptors (Lipinski definition) is 7. The number of fused-ring (bicyclic) bond motifs is 2. The van der Waals surface area contributed by atoms with Crippen LogP contribution in [0.15, 0.2) is 66.0 Å². The molecule has 4 aromatic rings. The van der Waals surface area contributed by atoms with Gasteiger partial charge in [-0.3, -0.25) is 4.98 Å². The highest BCUT2D eigenvalue weighted by Gasteiger charge is 2.21. The molecular weight excluding hydrogens is 382 g/mol. The van der Waals surface area contributed by atoms with Crippen LogP contribution in [-0.4, -0.2) is 32.7 Å². The summed E-state index contributed by atoms with van der Waals surface area (Å²) in [5.74, 6) is 2.43. The Hall–Kier alpha value is -3.81. The average molecular weight is 403 g/mol. The first-order valence-electron chi connectivity index (χ1n) is 9.75. The maximum atomic E-state index is 5.95. The monoisotopic (exact) mass is 403 g/mol. The molecule has 3 aromatic heterocycles. The van der Waals surface area contributed by atoms with Gasteiger partial charge in [0.05, 0.1) is 18.4 Å². The second-order valence-corrected chi connectivity index (χ2v) is 6.96. The zero-order chi connectivity index (χ0) is 20.3. The van der Waals surface area contributed by atoms with E-state index in [4.69, 9.17) is 13.9 Å². The van der Waals surface area contributed by atoms with Crippen molar-refractivity contribution in [2.24, 2.45) is 0 Å². The van der Waals surface area contributed by atoms with Crippen LogP contribution in [0, 0.1) is 0 Å². The van der Waals surface area contributed by atoms with E-state index >= 15 is 0 Å². The van der Waals surface area contributed by atoms with E-state index in [1.807, 2.05) is 42.7 Å². The molecule has 0 atom stereocenters. The lowest BCUT2D eigenvalue weighted by atomic mass is 10.3. The van der Waals surface area contributed by atoms with Gasteiger partial charge in [0.15, 0.2) is 5.58 Å². The predicted molar refractivity (Wildman–Crippen MR) is 112 cm³/mol. The predicted octanol–water partition coefficient (Wildman–Crippen LogP) is 3.58. The van der Waals surface area contributed by atoms with Crippen LogP contribution in [-0.2, 0) is 19.7 Å². The molecule has 1 aromatic carbocycles. The third-order valence-electron chi connectivity index (χ3n) is 4.92. The first-order chi connectivity index (χ1) is 14.8. The number of nitrogens with zero attached hydrogens (tertiary/aromatic N) is 5. The summed E-state index contributed by atoms with van der Waals surface area (Å²) in [7, 11) is 0. The minimum Gasteiger partial charge on any atom is -0.488 e. The molecule has 0 saturated heterocycles. The second kappa shape index (κ2) is 7.90. The Balaban J connectivity index is 1.26. The molecule has 30 heavy (non-hydrogen) atoms. The zero-order valence-electron chi connectivity index (χ0n) is 16.4. The molecule has 0 fully saturated rings. The average Bonchev–Trinajstić information content (AvgIpc) is 3.42. The maximum absolute atomic E-state index is 5.95. The fourth-order valence-electron chi connectivity index (χ4n) is 3.35. The SMILES string of the molecule is C=CCOc1ccc(COc2ccc3oc(N4CCn5ccnc5C4)nc3c2)nc1. The minimum absolute atomic E-state index is 0.354. The molecule has 8 heteroatoms. The minimum atomic E-state index is 0.354. The summed E-state index contributed by atoms with van der Waals surface area (Å²) >= 11 is 0. The Morgan fingerprint density at radius 2 is 2.03 bits per heavy atom. The summed E-state index contributed by atoms with van der Waals surface area (Å²) in [6.45, 7) is 6.82. The molecule has 0 unspecified atom stereocenters. The smallest absolute Gasteiger partial charge is 0.298 e. The number of benzene rings is 1. The largest absolute Gasteiger partial charge is 0.488 e. The van der Waals surface area contributed by atoms with Crippen LogP contribution in [0.4, 0.5) is 6.01 Å². The van der Waals surface area contributed by atoms with Gasteiger partial charge in [-0.15, -0.1) is 0 Å². The van der Waals surface area contributed by atoms with Crippen molar-refractivity contribution in [2.75, 3.05) is 18.1 Å². The fourth-order valence-corrected chi connectivity index (χ4v) is 3.35. The van der Waals surface area contributed by atoms with E-state index in [-0.39, 0.29) is 0 Å². The van der Waals surface area contributed by atoms with E-state index in [2.05, 4.69) is 31.0 Å². The van der Waals surface area contributed by atoms with Gasteiger partial charge < -0.3 is 23.4 Å². The molecule has 0 aliphatic carbocycles. The lowest BCUT2D eigenvalue weighted by Gasteiger charge is -2.25. The van der Waals surface area contributed by atoms with E-state index in [0.29, 0.717) is 37.3 Å². The molecule has 4 heterocycles. The van der Waals surface area contributed by atoms with Crippen molar-refractivity contribution in [2.45, 2.75) is 19.7 Å². The van der Waals surface area contributed by atoms with Crippen molar-refractivity contribution in [3.8, 4) is 11.5 Å². The van der Waals surface area contributed by atoms with Crippen molar-refractivity contribution in [1.29, 1.82) is 0 Å². The fraction of sp³-hybridized carbons (Fsp3) is 0.227. The highest BCUT2D eigenvalue weighted by molar-refractivity contribution is 5.76. The quantitative estimate of drug-likeness (QED) is 0.436. The molecule has 152 valence electrons. The molecule has 1 aliphatic heterocycles. The van der Waals surface area contributed by atoms with Gasteiger partial charge >= 0.3 is 0 Å². The lowest BCUT2D eigenvalue weighted by Crippen LogP contribution is -2.33. The van der Waals surface area contributed by atoms with Gasteiger partial charge in [-0.25, -0.2) is 4.98 Å². The molecule has 8 nitrogen and oxygen atoms in total. The van der Waals surface area contributed by atoms with Gasteiger partial charge in [-0.05, 0) is 24.3 Å². The van der Waals surface area contributed by atoms with Crippen LogP contribution in [0.2, 0.25) is 0 Å². The Kier molecular flexibility index (Phi) is 4.80. The van der Waals surface area contributed by atoms with Crippen molar-refractivity contribution in [3.63, 3.8) is 0 Å². The van der Waals surface area contributed by atoms with Crippen LogP contribution < -0.4 is 14.4 Å².